The highest BCUT2D eigenvalue weighted by Crippen LogP contribution is 2.29. The minimum absolute atomic E-state index is 0.0656. The van der Waals surface area contributed by atoms with E-state index in [1.807, 2.05) is 60.9 Å². The third-order valence-electron chi connectivity index (χ3n) is 4.29. The van der Waals surface area contributed by atoms with Crippen LogP contribution in [0.25, 0.3) is 11.4 Å². The topological polar surface area (TPSA) is 57.0 Å². The van der Waals surface area contributed by atoms with Crippen LogP contribution >= 0.6 is 27.7 Å². The van der Waals surface area contributed by atoms with Gasteiger partial charge in [0.15, 0.2) is 16.8 Å². The van der Waals surface area contributed by atoms with Gasteiger partial charge in [-0.2, -0.15) is 0 Å². The number of benzene rings is 2. The van der Waals surface area contributed by atoms with Crippen molar-refractivity contribution in [3.8, 4) is 11.4 Å². The number of rotatable bonds is 8. The maximum Gasteiger partial charge on any atom is 0.192 e. The summed E-state index contributed by atoms with van der Waals surface area (Å²) >= 11 is 4.82. The van der Waals surface area contributed by atoms with E-state index < -0.39 is 0 Å². The summed E-state index contributed by atoms with van der Waals surface area (Å²) in [6, 6.07) is 15.6. The Balaban J connectivity index is 1.86. The Hall–Kier alpha value is -1.96. The second-order valence-electron chi connectivity index (χ2n) is 6.45. The Labute approximate surface area is 177 Å². The quantitative estimate of drug-likeness (QED) is 0.349. The Morgan fingerprint density at radius 3 is 2.64 bits per heavy atom. The van der Waals surface area contributed by atoms with Gasteiger partial charge in [0.05, 0.1) is 18.4 Å². The smallest absolute Gasteiger partial charge is 0.192 e. The zero-order valence-corrected chi connectivity index (χ0v) is 18.5. The van der Waals surface area contributed by atoms with Crippen LogP contribution in [0.15, 0.2) is 58.2 Å². The SMILES string of the molecule is COCCn1c(S[C@@H](C)C(=O)c2ccc(Br)cc2)nnc1-c1cccc(C)c1. The molecule has 28 heavy (non-hydrogen) atoms. The fourth-order valence-electron chi connectivity index (χ4n) is 2.82. The Kier molecular flexibility index (Phi) is 7.04. The first kappa shape index (κ1) is 20.8. The van der Waals surface area contributed by atoms with Crippen LogP contribution < -0.4 is 0 Å². The molecule has 0 amide bonds. The van der Waals surface area contributed by atoms with Crippen LogP contribution in [0.1, 0.15) is 22.8 Å². The summed E-state index contributed by atoms with van der Waals surface area (Å²) in [4.78, 5) is 12.8. The molecule has 2 aromatic carbocycles. The first-order valence-electron chi connectivity index (χ1n) is 8.95. The molecule has 0 bridgehead atoms. The van der Waals surface area contributed by atoms with Crippen molar-refractivity contribution < 1.29 is 9.53 Å². The summed E-state index contributed by atoms with van der Waals surface area (Å²) in [5, 5.41) is 9.20. The number of carbonyl (C=O) groups is 1. The third kappa shape index (κ3) is 4.90. The fourth-order valence-corrected chi connectivity index (χ4v) is 4.03. The number of ketones is 1. The molecular formula is C21H22BrN3O2S. The van der Waals surface area contributed by atoms with E-state index in [1.54, 1.807) is 7.11 Å². The van der Waals surface area contributed by atoms with E-state index in [0.717, 1.165) is 21.4 Å². The van der Waals surface area contributed by atoms with Gasteiger partial charge >= 0.3 is 0 Å². The number of aromatic nitrogens is 3. The molecule has 1 heterocycles. The highest BCUT2D eigenvalue weighted by Gasteiger charge is 2.22. The van der Waals surface area contributed by atoms with Crippen LogP contribution in [0.2, 0.25) is 0 Å². The lowest BCUT2D eigenvalue weighted by Gasteiger charge is -2.13. The van der Waals surface area contributed by atoms with E-state index in [1.165, 1.54) is 11.8 Å². The average molecular weight is 460 g/mol. The first-order chi connectivity index (χ1) is 13.5. The van der Waals surface area contributed by atoms with Crippen molar-refractivity contribution in [2.75, 3.05) is 13.7 Å². The van der Waals surface area contributed by atoms with E-state index >= 15 is 0 Å². The van der Waals surface area contributed by atoms with Crippen LogP contribution in [-0.2, 0) is 11.3 Å². The molecular weight excluding hydrogens is 438 g/mol. The second kappa shape index (κ2) is 9.49. The van der Waals surface area contributed by atoms with Gasteiger partial charge in [-0.15, -0.1) is 10.2 Å². The van der Waals surface area contributed by atoms with Crippen molar-refractivity contribution >= 4 is 33.5 Å². The zero-order valence-electron chi connectivity index (χ0n) is 16.1. The highest BCUT2D eigenvalue weighted by atomic mass is 79.9. The molecule has 0 unspecified atom stereocenters. The maximum atomic E-state index is 12.8. The number of aryl methyl sites for hydroxylation is 1. The zero-order chi connectivity index (χ0) is 20.1. The summed E-state index contributed by atoms with van der Waals surface area (Å²) in [6.07, 6.45) is 0. The van der Waals surface area contributed by atoms with E-state index in [4.69, 9.17) is 4.74 Å². The van der Waals surface area contributed by atoms with E-state index in [-0.39, 0.29) is 11.0 Å². The number of hydrogen-bond acceptors (Lipinski definition) is 5. The number of nitrogens with zero attached hydrogens (tertiary/aromatic N) is 3. The van der Waals surface area contributed by atoms with Crippen molar-refractivity contribution in [1.29, 1.82) is 0 Å². The number of ether oxygens (including phenoxy) is 1. The summed E-state index contributed by atoms with van der Waals surface area (Å²) < 4.78 is 8.23. The molecule has 0 saturated heterocycles. The number of methoxy groups -OCH3 is 1. The molecule has 0 saturated carbocycles. The number of carbonyl (C=O) groups excluding carboxylic acids is 1. The molecule has 3 rings (SSSR count). The fraction of sp³-hybridized carbons (Fsp3) is 0.286. The molecule has 7 heteroatoms. The number of halogens is 1. The minimum Gasteiger partial charge on any atom is -0.383 e. The van der Waals surface area contributed by atoms with E-state index in [9.17, 15) is 4.79 Å². The van der Waals surface area contributed by atoms with Crippen molar-refractivity contribution in [1.82, 2.24) is 14.8 Å². The van der Waals surface area contributed by atoms with Crippen LogP contribution in [0.5, 0.6) is 0 Å². The van der Waals surface area contributed by atoms with Gasteiger partial charge < -0.3 is 4.74 Å². The molecule has 3 aromatic rings. The molecule has 0 N–H and O–H groups in total. The second-order valence-corrected chi connectivity index (χ2v) is 8.67. The predicted octanol–water partition coefficient (Wildman–Crippen LogP) is 5.03. The average Bonchev–Trinajstić information content (AvgIpc) is 3.08. The summed E-state index contributed by atoms with van der Waals surface area (Å²) in [6.45, 7) is 5.11. The number of hydrogen-bond donors (Lipinski definition) is 0. The van der Waals surface area contributed by atoms with Crippen molar-refractivity contribution in [2.45, 2.75) is 30.8 Å². The molecule has 1 aromatic heterocycles. The first-order valence-corrected chi connectivity index (χ1v) is 10.6. The van der Waals surface area contributed by atoms with Gasteiger partial charge in [-0.3, -0.25) is 9.36 Å². The van der Waals surface area contributed by atoms with Crippen LogP contribution in [0, 0.1) is 6.92 Å². The standard InChI is InChI=1S/C21H22BrN3O2S/c1-14-5-4-6-17(13-14)20-23-24-21(25(20)11-12-27-3)28-15(2)19(26)16-7-9-18(22)10-8-16/h4-10,13,15H,11-12H2,1-3H3/t15-/m0/s1. The third-order valence-corrected chi connectivity index (χ3v) is 5.90. The van der Waals surface area contributed by atoms with Gasteiger partial charge in [0.25, 0.3) is 0 Å². The van der Waals surface area contributed by atoms with Gasteiger partial charge in [-0.05, 0) is 32.0 Å². The normalized spacial score (nSPS) is 12.1. The molecule has 0 radical (unpaired) electrons. The lowest BCUT2D eigenvalue weighted by molar-refractivity contribution is 0.0994. The number of thioether (sulfide) groups is 1. The van der Waals surface area contributed by atoms with Gasteiger partial charge in [-0.25, -0.2) is 0 Å². The molecule has 146 valence electrons. The molecule has 0 aliphatic rings. The van der Waals surface area contributed by atoms with E-state index in [2.05, 4.69) is 32.2 Å². The predicted molar refractivity (Wildman–Crippen MR) is 116 cm³/mol. The highest BCUT2D eigenvalue weighted by molar-refractivity contribution is 9.10. The van der Waals surface area contributed by atoms with Gasteiger partial charge in [0.1, 0.15) is 0 Å². The van der Waals surface area contributed by atoms with Crippen LogP contribution in [-0.4, -0.2) is 39.5 Å². The maximum absolute atomic E-state index is 12.8. The lowest BCUT2D eigenvalue weighted by atomic mass is 10.1. The van der Waals surface area contributed by atoms with Crippen LogP contribution in [0.3, 0.4) is 0 Å². The molecule has 1 atom stereocenters. The Bertz CT molecular complexity index is 957. The Morgan fingerprint density at radius 1 is 1.21 bits per heavy atom. The molecule has 0 fully saturated rings. The van der Waals surface area contributed by atoms with Crippen molar-refractivity contribution in [3.63, 3.8) is 0 Å². The van der Waals surface area contributed by atoms with Gasteiger partial charge in [0.2, 0.25) is 0 Å². The molecule has 0 spiro atoms. The molecule has 0 aliphatic heterocycles. The lowest BCUT2D eigenvalue weighted by Crippen LogP contribution is -2.15. The molecule has 0 aliphatic carbocycles. The van der Waals surface area contributed by atoms with Crippen molar-refractivity contribution in [2.24, 2.45) is 0 Å². The summed E-state index contributed by atoms with van der Waals surface area (Å²) in [5.74, 6) is 0.849. The molecule has 5 nitrogen and oxygen atoms in total. The monoisotopic (exact) mass is 459 g/mol. The Morgan fingerprint density at radius 2 is 1.96 bits per heavy atom. The minimum atomic E-state index is -0.281. The van der Waals surface area contributed by atoms with Gasteiger partial charge in [-0.1, -0.05) is 63.6 Å². The summed E-state index contributed by atoms with van der Waals surface area (Å²) in [7, 11) is 1.67. The summed E-state index contributed by atoms with van der Waals surface area (Å²) in [5.41, 5.74) is 2.85. The van der Waals surface area contributed by atoms with Crippen LogP contribution in [0.4, 0.5) is 0 Å². The van der Waals surface area contributed by atoms with Crippen molar-refractivity contribution in [3.05, 3.63) is 64.1 Å². The largest absolute Gasteiger partial charge is 0.383 e. The number of Topliss-reactive ketones (excluding diaryl/α,β-unsaturated/α-hetero) is 1. The van der Waals surface area contributed by atoms with Gasteiger partial charge in [0, 0.05) is 22.7 Å². The van der Waals surface area contributed by atoms with E-state index in [0.29, 0.717) is 23.9 Å².